The second-order valence-corrected chi connectivity index (χ2v) is 5.38. The summed E-state index contributed by atoms with van der Waals surface area (Å²) in [6.07, 6.45) is -1.47. The number of nitrogens with one attached hydrogen (secondary N) is 2. The SMILES string of the molecule is CCNC(=NCc1nccn1CC(C)C)NCCC(F)(F)F.I. The first-order valence-corrected chi connectivity index (χ1v) is 7.40. The lowest BCUT2D eigenvalue weighted by Gasteiger charge is -2.13. The van der Waals surface area contributed by atoms with Gasteiger partial charge >= 0.3 is 6.18 Å². The molecule has 0 amide bonds. The van der Waals surface area contributed by atoms with E-state index in [0.29, 0.717) is 25.0 Å². The molecule has 0 unspecified atom stereocenters. The van der Waals surface area contributed by atoms with Crippen LogP contribution >= 0.6 is 24.0 Å². The quantitative estimate of drug-likeness (QED) is 0.384. The van der Waals surface area contributed by atoms with Crippen LogP contribution in [0.4, 0.5) is 13.2 Å². The molecule has 2 N–H and O–H groups in total. The van der Waals surface area contributed by atoms with Gasteiger partial charge in [0.05, 0.1) is 6.42 Å². The standard InChI is InChI=1S/C14H24F3N5.HI/c1-4-18-13(20-6-5-14(15,16)17)21-9-12-19-7-8-22(12)10-11(2)3;/h7-8,11H,4-6,9-10H2,1-3H3,(H2,18,20,21);1H. The average Bonchev–Trinajstić information content (AvgIpc) is 2.81. The maximum atomic E-state index is 12.2. The van der Waals surface area contributed by atoms with Crippen molar-refractivity contribution in [2.45, 2.75) is 46.5 Å². The molecule has 1 aromatic rings. The summed E-state index contributed by atoms with van der Waals surface area (Å²) in [6.45, 7) is 7.62. The van der Waals surface area contributed by atoms with Gasteiger partial charge in [-0.05, 0) is 12.8 Å². The van der Waals surface area contributed by atoms with Gasteiger partial charge in [-0.2, -0.15) is 13.2 Å². The van der Waals surface area contributed by atoms with Crippen molar-refractivity contribution >= 4 is 29.9 Å². The molecule has 134 valence electrons. The Morgan fingerprint density at radius 1 is 1.35 bits per heavy atom. The molecule has 1 aromatic heterocycles. The minimum atomic E-state index is -4.17. The summed E-state index contributed by atoms with van der Waals surface area (Å²) < 4.78 is 38.5. The highest BCUT2D eigenvalue weighted by Gasteiger charge is 2.26. The van der Waals surface area contributed by atoms with Gasteiger partial charge in [0.2, 0.25) is 0 Å². The summed E-state index contributed by atoms with van der Waals surface area (Å²) in [5.74, 6) is 1.64. The molecule has 0 saturated heterocycles. The number of hydrogen-bond acceptors (Lipinski definition) is 2. The Hall–Kier alpha value is -1.00. The number of aliphatic imine (C=N–C) groups is 1. The summed E-state index contributed by atoms with van der Waals surface area (Å²) in [5.41, 5.74) is 0. The van der Waals surface area contributed by atoms with Crippen LogP contribution in [0.3, 0.4) is 0 Å². The van der Waals surface area contributed by atoms with Crippen molar-refractivity contribution in [1.82, 2.24) is 20.2 Å². The minimum Gasteiger partial charge on any atom is -0.357 e. The van der Waals surface area contributed by atoms with Crippen molar-refractivity contribution in [2.24, 2.45) is 10.9 Å². The molecule has 0 spiro atoms. The molecule has 9 heteroatoms. The van der Waals surface area contributed by atoms with E-state index >= 15 is 0 Å². The van der Waals surface area contributed by atoms with Gasteiger partial charge in [-0.3, -0.25) is 0 Å². The molecule has 0 fully saturated rings. The fourth-order valence-corrected chi connectivity index (χ4v) is 1.87. The average molecular weight is 447 g/mol. The van der Waals surface area contributed by atoms with E-state index in [2.05, 4.69) is 34.5 Å². The third-order valence-corrected chi connectivity index (χ3v) is 2.79. The van der Waals surface area contributed by atoms with E-state index in [1.165, 1.54) is 0 Å². The lowest BCUT2D eigenvalue weighted by Crippen LogP contribution is -2.39. The van der Waals surface area contributed by atoms with Crippen molar-refractivity contribution in [3.8, 4) is 0 Å². The van der Waals surface area contributed by atoms with Crippen LogP contribution < -0.4 is 10.6 Å². The highest BCUT2D eigenvalue weighted by Crippen LogP contribution is 2.18. The normalized spacial score (nSPS) is 12.2. The summed E-state index contributed by atoms with van der Waals surface area (Å²) in [5, 5.41) is 5.61. The van der Waals surface area contributed by atoms with E-state index in [1.807, 2.05) is 17.7 Å². The Kier molecular flexibility index (Phi) is 10.2. The van der Waals surface area contributed by atoms with Crippen LogP contribution in [0.2, 0.25) is 0 Å². The fourth-order valence-electron chi connectivity index (χ4n) is 1.87. The molecule has 1 heterocycles. The molecule has 0 aliphatic heterocycles. The summed E-state index contributed by atoms with van der Waals surface area (Å²) in [4.78, 5) is 8.53. The number of imidazole rings is 1. The number of nitrogens with zero attached hydrogens (tertiary/aromatic N) is 3. The van der Waals surface area contributed by atoms with E-state index in [1.54, 1.807) is 6.20 Å². The zero-order valence-corrected chi connectivity index (χ0v) is 16.0. The topological polar surface area (TPSA) is 54.2 Å². The summed E-state index contributed by atoms with van der Waals surface area (Å²) in [6, 6.07) is 0. The molecular weight excluding hydrogens is 422 g/mol. The van der Waals surface area contributed by atoms with Gasteiger partial charge in [-0.1, -0.05) is 13.8 Å². The van der Waals surface area contributed by atoms with Crippen LogP contribution in [0.5, 0.6) is 0 Å². The van der Waals surface area contributed by atoms with Crippen molar-refractivity contribution in [1.29, 1.82) is 0 Å². The molecule has 1 rings (SSSR count). The Morgan fingerprint density at radius 3 is 2.61 bits per heavy atom. The van der Waals surface area contributed by atoms with Crippen LogP contribution in [-0.2, 0) is 13.1 Å². The zero-order valence-electron chi connectivity index (χ0n) is 13.7. The highest BCUT2D eigenvalue weighted by molar-refractivity contribution is 14.0. The van der Waals surface area contributed by atoms with Crippen LogP contribution in [0, 0.1) is 5.92 Å². The Bertz CT molecular complexity index is 471. The number of rotatable bonds is 7. The number of guanidine groups is 1. The van der Waals surface area contributed by atoms with Crippen molar-refractivity contribution in [2.75, 3.05) is 13.1 Å². The van der Waals surface area contributed by atoms with Crippen LogP contribution in [0.15, 0.2) is 17.4 Å². The van der Waals surface area contributed by atoms with E-state index in [4.69, 9.17) is 0 Å². The first-order chi connectivity index (χ1) is 10.3. The van der Waals surface area contributed by atoms with E-state index in [-0.39, 0.29) is 30.5 Å². The molecule has 23 heavy (non-hydrogen) atoms. The fraction of sp³-hybridized carbons (Fsp3) is 0.714. The second kappa shape index (κ2) is 10.7. The van der Waals surface area contributed by atoms with Gasteiger partial charge in [-0.15, -0.1) is 24.0 Å². The predicted molar refractivity (Wildman–Crippen MR) is 96.0 cm³/mol. The summed E-state index contributed by atoms with van der Waals surface area (Å²) >= 11 is 0. The lowest BCUT2D eigenvalue weighted by atomic mass is 10.2. The van der Waals surface area contributed by atoms with E-state index in [9.17, 15) is 13.2 Å². The van der Waals surface area contributed by atoms with E-state index in [0.717, 1.165) is 12.4 Å². The predicted octanol–water partition coefficient (Wildman–Crippen LogP) is 3.16. The highest BCUT2D eigenvalue weighted by atomic mass is 127. The largest absolute Gasteiger partial charge is 0.390 e. The maximum absolute atomic E-state index is 12.2. The molecule has 0 aliphatic carbocycles. The zero-order chi connectivity index (χ0) is 16.6. The molecule has 0 saturated carbocycles. The smallest absolute Gasteiger partial charge is 0.357 e. The van der Waals surface area contributed by atoms with Gasteiger partial charge in [0, 0.05) is 32.0 Å². The number of hydrogen-bond donors (Lipinski definition) is 2. The number of aromatic nitrogens is 2. The lowest BCUT2D eigenvalue weighted by molar-refractivity contribution is -0.132. The van der Waals surface area contributed by atoms with Gasteiger partial charge in [0.15, 0.2) is 5.96 Å². The van der Waals surface area contributed by atoms with Crippen molar-refractivity contribution < 1.29 is 13.2 Å². The molecule has 5 nitrogen and oxygen atoms in total. The van der Waals surface area contributed by atoms with Gasteiger partial charge in [0.25, 0.3) is 0 Å². The molecule has 0 radical (unpaired) electrons. The monoisotopic (exact) mass is 447 g/mol. The third-order valence-electron chi connectivity index (χ3n) is 2.79. The van der Waals surface area contributed by atoms with Crippen LogP contribution in [0.1, 0.15) is 33.0 Å². The van der Waals surface area contributed by atoms with Gasteiger partial charge in [0.1, 0.15) is 12.4 Å². The number of alkyl halides is 3. The molecule has 0 aliphatic rings. The Labute approximate surface area is 152 Å². The van der Waals surface area contributed by atoms with E-state index < -0.39 is 12.6 Å². The second-order valence-electron chi connectivity index (χ2n) is 5.38. The van der Waals surface area contributed by atoms with Crippen molar-refractivity contribution in [3.63, 3.8) is 0 Å². The third kappa shape index (κ3) is 9.67. The maximum Gasteiger partial charge on any atom is 0.390 e. The van der Waals surface area contributed by atoms with Crippen LogP contribution in [-0.4, -0.2) is 34.8 Å². The Morgan fingerprint density at radius 2 is 2.04 bits per heavy atom. The number of halogens is 4. The van der Waals surface area contributed by atoms with Crippen LogP contribution in [0.25, 0.3) is 0 Å². The molecule has 0 aromatic carbocycles. The first-order valence-electron chi connectivity index (χ1n) is 7.40. The Balaban J connectivity index is 0.00000484. The molecule has 0 bridgehead atoms. The minimum absolute atomic E-state index is 0. The summed E-state index contributed by atoms with van der Waals surface area (Å²) in [7, 11) is 0. The van der Waals surface area contributed by atoms with Gasteiger partial charge < -0.3 is 15.2 Å². The van der Waals surface area contributed by atoms with Crippen molar-refractivity contribution in [3.05, 3.63) is 18.2 Å². The van der Waals surface area contributed by atoms with Gasteiger partial charge in [-0.25, -0.2) is 9.98 Å². The molecular formula is C14H25F3IN5. The molecule has 0 atom stereocenters. The first kappa shape index (κ1) is 22.0.